The summed E-state index contributed by atoms with van der Waals surface area (Å²) in [6.07, 6.45) is 0.737. The molecule has 0 bridgehead atoms. The largest absolute Gasteiger partial charge is 0.453 e. The third kappa shape index (κ3) is 7.58. The molecule has 6 rings (SSSR count). The highest BCUT2D eigenvalue weighted by molar-refractivity contribution is 7.98. The predicted octanol–water partition coefficient (Wildman–Crippen LogP) is 7.05. The zero-order valence-corrected chi connectivity index (χ0v) is 27.8. The Morgan fingerprint density at radius 1 is 1.02 bits per heavy atom. The molecule has 1 aromatic heterocycles. The SMILES string of the molecule is CC(C)(C)OC(=O)N1CCN(c2ccc(-n3cnc4ccc(Oc5c(F)ccc(NSN6CCC(F)C6)c5Cl)cc4c3=O)cc2)CC1. The van der Waals surface area contributed by atoms with Gasteiger partial charge in [-0.15, -0.1) is 0 Å². The number of piperazine rings is 1. The Hall–Kier alpha value is -4.07. The molecule has 10 nitrogen and oxygen atoms in total. The highest BCUT2D eigenvalue weighted by Crippen LogP contribution is 2.39. The van der Waals surface area contributed by atoms with E-state index < -0.39 is 17.6 Å². The first-order valence-corrected chi connectivity index (χ1v) is 16.4. The summed E-state index contributed by atoms with van der Waals surface area (Å²) in [5, 5.41) is 0.298. The molecule has 2 aliphatic heterocycles. The van der Waals surface area contributed by atoms with Crippen LogP contribution in [0.2, 0.25) is 5.02 Å². The molecule has 0 radical (unpaired) electrons. The van der Waals surface area contributed by atoms with Gasteiger partial charge in [-0.3, -0.25) is 9.36 Å². The maximum Gasteiger partial charge on any atom is 0.410 e. The summed E-state index contributed by atoms with van der Waals surface area (Å²) in [6.45, 7) is 8.82. The van der Waals surface area contributed by atoms with Crippen LogP contribution in [0.4, 0.5) is 25.0 Å². The average Bonchev–Trinajstić information content (AvgIpc) is 3.47. The molecule has 0 aliphatic carbocycles. The number of anilines is 2. The van der Waals surface area contributed by atoms with Gasteiger partial charge < -0.3 is 24.0 Å². The van der Waals surface area contributed by atoms with Crippen LogP contribution in [-0.4, -0.2) is 75.9 Å². The fourth-order valence-electron chi connectivity index (χ4n) is 5.35. The Bertz CT molecular complexity index is 1830. The minimum atomic E-state index is -0.877. The number of aromatic nitrogens is 2. The second-order valence-corrected chi connectivity index (χ2v) is 13.7. The van der Waals surface area contributed by atoms with Crippen molar-refractivity contribution in [3.05, 3.63) is 82.1 Å². The van der Waals surface area contributed by atoms with Crippen molar-refractivity contribution in [2.45, 2.75) is 39.0 Å². The zero-order chi connectivity index (χ0) is 33.3. The Morgan fingerprint density at radius 2 is 1.74 bits per heavy atom. The van der Waals surface area contributed by atoms with E-state index in [9.17, 15) is 18.4 Å². The number of amides is 1. The number of carbonyl (C=O) groups is 1. The van der Waals surface area contributed by atoms with Gasteiger partial charge in [0.05, 0.1) is 22.3 Å². The highest BCUT2D eigenvalue weighted by atomic mass is 35.5. The van der Waals surface area contributed by atoms with Crippen molar-refractivity contribution >= 4 is 52.1 Å². The van der Waals surface area contributed by atoms with E-state index in [1.165, 1.54) is 41.2 Å². The van der Waals surface area contributed by atoms with Crippen LogP contribution in [0.3, 0.4) is 0 Å². The molecule has 14 heteroatoms. The number of nitrogens with zero attached hydrogens (tertiary/aromatic N) is 5. The van der Waals surface area contributed by atoms with Gasteiger partial charge in [0.2, 0.25) is 0 Å². The number of alkyl halides is 1. The van der Waals surface area contributed by atoms with Crippen molar-refractivity contribution in [2.24, 2.45) is 0 Å². The average molecular weight is 685 g/mol. The third-order valence-corrected chi connectivity index (χ3v) is 9.08. The summed E-state index contributed by atoms with van der Waals surface area (Å²) in [5.74, 6) is -0.667. The van der Waals surface area contributed by atoms with Gasteiger partial charge >= 0.3 is 6.09 Å². The van der Waals surface area contributed by atoms with Crippen molar-refractivity contribution in [1.82, 2.24) is 18.8 Å². The molecule has 2 aliphatic rings. The van der Waals surface area contributed by atoms with E-state index in [0.717, 1.165) is 5.69 Å². The Kier molecular flexibility index (Phi) is 9.49. The van der Waals surface area contributed by atoms with Crippen LogP contribution in [0, 0.1) is 5.82 Å². The van der Waals surface area contributed by atoms with Crippen LogP contribution < -0.4 is 19.9 Å². The molecule has 1 unspecified atom stereocenters. The molecule has 1 N–H and O–H groups in total. The van der Waals surface area contributed by atoms with Crippen molar-refractivity contribution < 1.29 is 23.0 Å². The van der Waals surface area contributed by atoms with E-state index in [1.54, 1.807) is 17.0 Å². The number of halogens is 3. The van der Waals surface area contributed by atoms with E-state index in [4.69, 9.17) is 21.1 Å². The number of fused-ring (bicyclic) bond motifs is 1. The molecule has 0 spiro atoms. The standard InChI is InChI=1S/C33H35ClF2N6O4S/c1-33(2,3)46-32(44)40-16-14-39(15-17-40)22-4-6-23(7-5-22)42-20-37-27-10-8-24(18-25(27)31(42)43)45-30-26(36)9-11-28(29(30)34)38-47-41-13-12-21(35)19-41/h4-11,18,20-21,38H,12-17,19H2,1-3H3. The Labute approximate surface area is 280 Å². The van der Waals surface area contributed by atoms with Gasteiger partial charge in [0.1, 0.15) is 28.9 Å². The lowest BCUT2D eigenvalue weighted by molar-refractivity contribution is 0.0240. The molecule has 2 saturated heterocycles. The molecule has 248 valence electrons. The number of nitrogens with one attached hydrogen (secondary N) is 1. The summed E-state index contributed by atoms with van der Waals surface area (Å²) in [7, 11) is 0. The lowest BCUT2D eigenvalue weighted by Crippen LogP contribution is -2.50. The van der Waals surface area contributed by atoms with E-state index in [-0.39, 0.29) is 33.6 Å². The summed E-state index contributed by atoms with van der Waals surface area (Å²) in [4.78, 5) is 34.4. The summed E-state index contributed by atoms with van der Waals surface area (Å²) in [6, 6.07) is 15.0. The lowest BCUT2D eigenvalue weighted by atomic mass is 10.2. The van der Waals surface area contributed by atoms with Gasteiger partial charge in [-0.25, -0.2) is 22.9 Å². The molecule has 1 atom stereocenters. The molecular formula is C33H35ClF2N6O4S. The van der Waals surface area contributed by atoms with Gasteiger partial charge in [-0.05, 0) is 81.8 Å². The lowest BCUT2D eigenvalue weighted by Gasteiger charge is -2.36. The molecule has 2 fully saturated rings. The minimum Gasteiger partial charge on any atom is -0.453 e. The molecule has 4 aromatic rings. The number of hydrogen-bond acceptors (Lipinski definition) is 9. The number of hydrogen-bond donors (Lipinski definition) is 1. The van der Waals surface area contributed by atoms with E-state index in [2.05, 4.69) is 14.6 Å². The maximum absolute atomic E-state index is 14.9. The number of ether oxygens (including phenoxy) is 2. The van der Waals surface area contributed by atoms with E-state index >= 15 is 0 Å². The van der Waals surface area contributed by atoms with Crippen LogP contribution in [0.5, 0.6) is 11.5 Å². The van der Waals surface area contributed by atoms with Crippen LogP contribution in [0.15, 0.2) is 65.7 Å². The van der Waals surface area contributed by atoms with Gasteiger partial charge in [-0.1, -0.05) is 11.6 Å². The monoisotopic (exact) mass is 684 g/mol. The van der Waals surface area contributed by atoms with Crippen LogP contribution in [0.25, 0.3) is 16.6 Å². The highest BCUT2D eigenvalue weighted by Gasteiger charge is 2.26. The van der Waals surface area contributed by atoms with Gasteiger partial charge in [0, 0.05) is 57.1 Å². The minimum absolute atomic E-state index is 0.0172. The molecule has 0 saturated carbocycles. The molecule has 3 aromatic carbocycles. The summed E-state index contributed by atoms with van der Waals surface area (Å²) in [5.41, 5.74) is 1.58. The summed E-state index contributed by atoms with van der Waals surface area (Å²) < 4.78 is 46.0. The number of carbonyl (C=O) groups excluding carboxylic acids is 1. The van der Waals surface area contributed by atoms with Crippen molar-refractivity contribution in [3.63, 3.8) is 0 Å². The third-order valence-electron chi connectivity index (χ3n) is 7.80. The van der Waals surface area contributed by atoms with Crippen LogP contribution >= 0.6 is 23.7 Å². The van der Waals surface area contributed by atoms with E-state index in [0.29, 0.717) is 62.6 Å². The van der Waals surface area contributed by atoms with Gasteiger partial charge in [0.25, 0.3) is 5.56 Å². The van der Waals surface area contributed by atoms with Crippen LogP contribution in [0.1, 0.15) is 27.2 Å². The maximum atomic E-state index is 14.9. The first-order chi connectivity index (χ1) is 22.4. The predicted molar refractivity (Wildman–Crippen MR) is 181 cm³/mol. The molecule has 47 heavy (non-hydrogen) atoms. The normalized spacial score (nSPS) is 17.3. The van der Waals surface area contributed by atoms with Crippen molar-refractivity contribution in [2.75, 3.05) is 48.9 Å². The topological polar surface area (TPSA) is 92.2 Å². The van der Waals surface area contributed by atoms with Gasteiger partial charge in [-0.2, -0.15) is 0 Å². The van der Waals surface area contributed by atoms with E-state index in [1.807, 2.05) is 49.3 Å². The molecule has 3 heterocycles. The Morgan fingerprint density at radius 3 is 2.43 bits per heavy atom. The quantitative estimate of drug-likeness (QED) is 0.206. The number of benzene rings is 3. The fourth-order valence-corrected chi connectivity index (χ4v) is 6.48. The summed E-state index contributed by atoms with van der Waals surface area (Å²) >= 11 is 7.71. The number of rotatable bonds is 7. The molecule has 1 amide bonds. The van der Waals surface area contributed by atoms with Crippen molar-refractivity contribution in [1.29, 1.82) is 0 Å². The zero-order valence-electron chi connectivity index (χ0n) is 26.2. The Balaban J connectivity index is 1.16. The second kappa shape index (κ2) is 13.6. The second-order valence-electron chi connectivity index (χ2n) is 12.4. The fraction of sp³-hybridized carbons (Fsp3) is 0.364. The first-order valence-electron chi connectivity index (χ1n) is 15.3. The van der Waals surface area contributed by atoms with Crippen molar-refractivity contribution in [3.8, 4) is 17.2 Å². The van der Waals surface area contributed by atoms with Gasteiger partial charge in [0.15, 0.2) is 11.6 Å². The smallest absolute Gasteiger partial charge is 0.410 e. The molecular weight excluding hydrogens is 650 g/mol. The first kappa shape index (κ1) is 32.9. The van der Waals surface area contributed by atoms with Crippen LogP contribution in [-0.2, 0) is 4.74 Å².